The van der Waals surface area contributed by atoms with Gasteiger partial charge in [-0.15, -0.1) is 0 Å². The summed E-state index contributed by atoms with van der Waals surface area (Å²) < 4.78 is 36.7. The number of carboxylic acid groups (broad SMARTS) is 1. The van der Waals surface area contributed by atoms with Crippen LogP contribution in [0.1, 0.15) is 42.4 Å². The number of hydrogen-bond donors (Lipinski definition) is 3. The smallest absolute Gasteiger partial charge is 0.339 e. The van der Waals surface area contributed by atoms with Crippen LogP contribution in [0.5, 0.6) is 11.5 Å². The maximum Gasteiger partial charge on any atom is 0.339 e. The molecule has 0 atom stereocenters. The van der Waals surface area contributed by atoms with Crippen LogP contribution < -0.4 is 14.7 Å². The number of methoxy groups -OCH3 is 1. The lowest BCUT2D eigenvalue weighted by atomic mass is 9.88. The van der Waals surface area contributed by atoms with Gasteiger partial charge in [-0.05, 0) is 61.9 Å². The number of nitrogens with one attached hydrogen (secondary N) is 1. The van der Waals surface area contributed by atoms with E-state index in [2.05, 4.69) is 0 Å². The average molecular weight is 478 g/mol. The number of carboxylic acids is 1. The van der Waals surface area contributed by atoms with E-state index in [4.69, 9.17) is 30.0 Å². The Morgan fingerprint density at radius 2 is 1.76 bits per heavy atom. The average Bonchev–Trinajstić information content (AvgIpc) is 2.73. The minimum Gasteiger partial charge on any atom is -0.492 e. The van der Waals surface area contributed by atoms with Crippen molar-refractivity contribution < 1.29 is 27.2 Å². The molecule has 0 bridgehead atoms. The van der Waals surface area contributed by atoms with Gasteiger partial charge in [0.25, 0.3) is 5.97 Å². The van der Waals surface area contributed by atoms with Gasteiger partial charge >= 0.3 is 10.1 Å². The Kier molecular flexibility index (Phi) is 8.69. The van der Waals surface area contributed by atoms with Crippen molar-refractivity contribution in [1.82, 2.24) is 4.90 Å². The first kappa shape index (κ1) is 26.0. The Morgan fingerprint density at radius 3 is 2.27 bits per heavy atom. The Bertz CT molecular complexity index is 1110. The maximum atomic E-state index is 12.8. The minimum atomic E-state index is -3.99. The van der Waals surface area contributed by atoms with Crippen molar-refractivity contribution in [3.05, 3.63) is 53.1 Å². The third-order valence-electron chi connectivity index (χ3n) is 5.19. The van der Waals surface area contributed by atoms with Gasteiger partial charge in [0.1, 0.15) is 4.90 Å². The van der Waals surface area contributed by atoms with Crippen molar-refractivity contribution in [1.29, 1.82) is 5.41 Å². The molecule has 1 aliphatic heterocycles. The van der Waals surface area contributed by atoms with Crippen LogP contribution in [0.3, 0.4) is 0 Å². The molecule has 1 fully saturated rings. The van der Waals surface area contributed by atoms with Crippen molar-refractivity contribution >= 4 is 22.0 Å². The van der Waals surface area contributed by atoms with Gasteiger partial charge in [-0.25, -0.2) is 0 Å². The Hall–Kier alpha value is -3.27. The summed E-state index contributed by atoms with van der Waals surface area (Å²) in [6.07, 6.45) is 1.59. The van der Waals surface area contributed by atoms with Crippen LogP contribution in [-0.2, 0) is 14.9 Å². The minimum absolute atomic E-state index is 0.0768. The molecular weight excluding hydrogens is 446 g/mol. The van der Waals surface area contributed by atoms with Crippen molar-refractivity contribution in [3.63, 3.8) is 0 Å². The first-order chi connectivity index (χ1) is 15.4. The number of piperidine rings is 1. The number of hydrogen-bond acceptors (Lipinski definition) is 6. The number of guanidine groups is 1. The quantitative estimate of drug-likeness (QED) is 0.338. The van der Waals surface area contributed by atoms with E-state index in [1.54, 1.807) is 18.2 Å². The largest absolute Gasteiger partial charge is 0.492 e. The van der Waals surface area contributed by atoms with E-state index < -0.39 is 16.1 Å². The van der Waals surface area contributed by atoms with Crippen LogP contribution in [0.25, 0.3) is 0 Å². The predicted octanol–water partition coefficient (Wildman–Crippen LogP) is 3.24. The molecule has 0 saturated carbocycles. The molecule has 1 heterocycles. The molecule has 0 unspecified atom stereocenters. The summed E-state index contributed by atoms with van der Waals surface area (Å²) in [7, 11) is -2.47. The fraction of sp³-hybridized carbons (Fsp3) is 0.391. The van der Waals surface area contributed by atoms with Gasteiger partial charge in [-0.1, -0.05) is 18.2 Å². The molecule has 0 amide bonds. The van der Waals surface area contributed by atoms with Crippen LogP contribution in [0.2, 0.25) is 0 Å². The van der Waals surface area contributed by atoms with Gasteiger partial charge in [0.2, 0.25) is 0 Å². The number of aryl methyl sites for hydroxylation is 2. The number of ether oxygens (including phenoxy) is 1. The molecule has 0 spiro atoms. The SMILES string of the molecule is CC(=O)O.COc1c(OS(=O)(=O)c2cccc(C)c2)cc(C)cc1C1CCN(C(=N)N)CC1. The van der Waals surface area contributed by atoms with Gasteiger partial charge in [0.05, 0.1) is 7.11 Å². The molecule has 180 valence electrons. The van der Waals surface area contributed by atoms with Crippen LogP contribution in [-0.4, -0.2) is 50.6 Å². The molecule has 33 heavy (non-hydrogen) atoms. The molecule has 1 saturated heterocycles. The van der Waals surface area contributed by atoms with E-state index in [0.29, 0.717) is 18.8 Å². The highest BCUT2D eigenvalue weighted by Crippen LogP contribution is 2.41. The summed E-state index contributed by atoms with van der Waals surface area (Å²) in [6.45, 7) is 6.17. The number of carbonyl (C=O) groups is 1. The molecule has 4 N–H and O–H groups in total. The molecule has 2 aromatic carbocycles. The zero-order valence-electron chi connectivity index (χ0n) is 19.3. The zero-order valence-corrected chi connectivity index (χ0v) is 20.1. The van der Waals surface area contributed by atoms with E-state index in [1.807, 2.05) is 30.9 Å². The van der Waals surface area contributed by atoms with Gasteiger partial charge < -0.3 is 24.7 Å². The summed E-state index contributed by atoms with van der Waals surface area (Å²) in [6, 6.07) is 10.3. The fourth-order valence-corrected chi connectivity index (χ4v) is 4.75. The molecule has 0 aliphatic carbocycles. The predicted molar refractivity (Wildman–Crippen MR) is 125 cm³/mol. The second-order valence-corrected chi connectivity index (χ2v) is 9.45. The third kappa shape index (κ3) is 7.11. The fourth-order valence-electron chi connectivity index (χ4n) is 3.72. The number of benzene rings is 2. The Balaban J connectivity index is 0.000000890. The van der Waals surface area contributed by atoms with Gasteiger partial charge in [0, 0.05) is 25.6 Å². The molecule has 2 aromatic rings. The molecular formula is C23H31N3O6S. The van der Waals surface area contributed by atoms with Crippen molar-refractivity contribution in [2.45, 2.75) is 44.4 Å². The number of nitrogens with zero attached hydrogens (tertiary/aromatic N) is 1. The standard InChI is InChI=1S/C21H27N3O4S.C2H4O2/c1-14-5-4-6-17(11-14)29(25,26)28-19-13-15(2)12-18(20(19)27-3)16-7-9-24(10-8-16)21(22)23;1-2(3)4/h4-6,11-13,16H,7-10H2,1-3H3,(H3,22,23);1H3,(H,3,4). The molecule has 9 nitrogen and oxygen atoms in total. The van der Waals surface area contributed by atoms with E-state index in [9.17, 15) is 8.42 Å². The highest BCUT2D eigenvalue weighted by Gasteiger charge is 2.27. The van der Waals surface area contributed by atoms with E-state index >= 15 is 0 Å². The topological polar surface area (TPSA) is 143 Å². The highest BCUT2D eigenvalue weighted by atomic mass is 32.2. The normalized spacial score (nSPS) is 14.1. The van der Waals surface area contributed by atoms with Gasteiger partial charge in [0.15, 0.2) is 17.5 Å². The molecule has 3 rings (SSSR count). The second kappa shape index (κ2) is 11.0. The number of rotatable bonds is 5. The summed E-state index contributed by atoms with van der Waals surface area (Å²) in [4.78, 5) is 10.9. The summed E-state index contributed by atoms with van der Waals surface area (Å²) in [5.74, 6) is 0.0449. The summed E-state index contributed by atoms with van der Waals surface area (Å²) in [5.41, 5.74) is 8.24. The maximum absolute atomic E-state index is 12.8. The monoisotopic (exact) mass is 477 g/mol. The molecule has 10 heteroatoms. The molecule has 1 aliphatic rings. The van der Waals surface area contributed by atoms with Crippen LogP contribution in [0.15, 0.2) is 41.3 Å². The Morgan fingerprint density at radius 1 is 1.15 bits per heavy atom. The summed E-state index contributed by atoms with van der Waals surface area (Å²) >= 11 is 0. The number of likely N-dealkylation sites (tertiary alicyclic amines) is 1. The van der Waals surface area contributed by atoms with Crippen molar-refractivity contribution in [3.8, 4) is 11.5 Å². The lowest BCUT2D eigenvalue weighted by molar-refractivity contribution is -0.134. The van der Waals surface area contributed by atoms with Crippen LogP contribution >= 0.6 is 0 Å². The molecule has 0 radical (unpaired) electrons. The first-order valence-corrected chi connectivity index (χ1v) is 11.8. The Labute approximate surface area is 194 Å². The van der Waals surface area contributed by atoms with Crippen molar-refractivity contribution in [2.75, 3.05) is 20.2 Å². The number of nitrogens with two attached hydrogens (primary N) is 1. The summed E-state index contributed by atoms with van der Waals surface area (Å²) in [5, 5.41) is 15.0. The van der Waals surface area contributed by atoms with E-state index in [0.717, 1.165) is 36.5 Å². The van der Waals surface area contributed by atoms with Gasteiger partial charge in [-0.3, -0.25) is 10.2 Å². The lowest BCUT2D eigenvalue weighted by Crippen LogP contribution is -2.41. The van der Waals surface area contributed by atoms with E-state index in [-0.39, 0.29) is 22.5 Å². The third-order valence-corrected chi connectivity index (χ3v) is 6.42. The zero-order chi connectivity index (χ0) is 24.8. The van der Waals surface area contributed by atoms with Crippen molar-refractivity contribution in [2.24, 2.45) is 5.73 Å². The molecule has 0 aromatic heterocycles. The number of aliphatic carboxylic acids is 1. The van der Waals surface area contributed by atoms with Crippen LogP contribution in [0, 0.1) is 19.3 Å². The van der Waals surface area contributed by atoms with E-state index in [1.165, 1.54) is 13.2 Å². The highest BCUT2D eigenvalue weighted by molar-refractivity contribution is 7.87. The lowest BCUT2D eigenvalue weighted by Gasteiger charge is -2.33. The second-order valence-electron chi connectivity index (χ2n) is 7.91. The first-order valence-electron chi connectivity index (χ1n) is 10.4. The van der Waals surface area contributed by atoms with Crippen LogP contribution in [0.4, 0.5) is 0 Å². The van der Waals surface area contributed by atoms with Gasteiger partial charge in [-0.2, -0.15) is 8.42 Å².